The van der Waals surface area contributed by atoms with E-state index in [2.05, 4.69) is 15.6 Å². The molecule has 2 rings (SSSR count). The first-order chi connectivity index (χ1) is 10.0. The molecule has 0 saturated carbocycles. The SMILES string of the molecule is CNC(=O)c1ccccc1NC(=O)c1cnc(C)cc1Cl. The van der Waals surface area contributed by atoms with Crippen LogP contribution in [0.15, 0.2) is 36.5 Å². The maximum atomic E-state index is 12.2. The van der Waals surface area contributed by atoms with E-state index in [4.69, 9.17) is 11.6 Å². The number of hydrogen-bond donors (Lipinski definition) is 2. The van der Waals surface area contributed by atoms with E-state index in [0.29, 0.717) is 16.3 Å². The topological polar surface area (TPSA) is 71.1 Å². The van der Waals surface area contributed by atoms with Crippen molar-refractivity contribution >= 4 is 29.1 Å². The fourth-order valence-electron chi connectivity index (χ4n) is 1.81. The zero-order chi connectivity index (χ0) is 15.4. The molecule has 0 radical (unpaired) electrons. The third-order valence-corrected chi connectivity index (χ3v) is 3.19. The third kappa shape index (κ3) is 3.38. The van der Waals surface area contributed by atoms with Crippen LogP contribution in [0.4, 0.5) is 5.69 Å². The Kier molecular flexibility index (Phi) is 4.55. The lowest BCUT2D eigenvalue weighted by atomic mass is 10.1. The summed E-state index contributed by atoms with van der Waals surface area (Å²) in [4.78, 5) is 28.1. The third-order valence-electron chi connectivity index (χ3n) is 2.88. The molecule has 0 bridgehead atoms. The van der Waals surface area contributed by atoms with Crippen LogP contribution in [0.2, 0.25) is 5.02 Å². The number of para-hydroxylation sites is 1. The van der Waals surface area contributed by atoms with Gasteiger partial charge in [0.25, 0.3) is 11.8 Å². The molecule has 0 aliphatic rings. The summed E-state index contributed by atoms with van der Waals surface area (Å²) in [6, 6.07) is 8.35. The van der Waals surface area contributed by atoms with Crippen molar-refractivity contribution in [2.45, 2.75) is 6.92 Å². The van der Waals surface area contributed by atoms with Crippen LogP contribution in [0.25, 0.3) is 0 Å². The number of rotatable bonds is 3. The molecule has 0 aliphatic heterocycles. The summed E-state index contributed by atoms with van der Waals surface area (Å²) in [6.07, 6.45) is 1.41. The minimum atomic E-state index is -0.413. The van der Waals surface area contributed by atoms with Crippen molar-refractivity contribution in [3.8, 4) is 0 Å². The van der Waals surface area contributed by atoms with E-state index in [1.54, 1.807) is 37.3 Å². The Morgan fingerprint density at radius 3 is 2.52 bits per heavy atom. The average molecular weight is 304 g/mol. The second-order valence-corrected chi connectivity index (χ2v) is 4.79. The molecule has 0 saturated heterocycles. The number of aryl methyl sites for hydroxylation is 1. The van der Waals surface area contributed by atoms with E-state index in [1.165, 1.54) is 13.2 Å². The highest BCUT2D eigenvalue weighted by Gasteiger charge is 2.15. The zero-order valence-electron chi connectivity index (χ0n) is 11.6. The Morgan fingerprint density at radius 2 is 1.86 bits per heavy atom. The van der Waals surface area contributed by atoms with Gasteiger partial charge in [0.2, 0.25) is 0 Å². The first kappa shape index (κ1) is 15.0. The van der Waals surface area contributed by atoms with Gasteiger partial charge in [0.1, 0.15) is 0 Å². The number of nitrogens with one attached hydrogen (secondary N) is 2. The summed E-state index contributed by atoms with van der Waals surface area (Å²) in [6.45, 7) is 1.79. The number of nitrogens with zero attached hydrogens (tertiary/aromatic N) is 1. The number of benzene rings is 1. The maximum absolute atomic E-state index is 12.2. The summed E-state index contributed by atoms with van der Waals surface area (Å²) in [5.74, 6) is -0.692. The quantitative estimate of drug-likeness (QED) is 0.915. The predicted octanol–water partition coefficient (Wildman–Crippen LogP) is 2.66. The predicted molar refractivity (Wildman–Crippen MR) is 81.8 cm³/mol. The number of halogens is 1. The van der Waals surface area contributed by atoms with Crippen molar-refractivity contribution in [3.05, 3.63) is 58.4 Å². The molecule has 1 heterocycles. The van der Waals surface area contributed by atoms with Crippen LogP contribution >= 0.6 is 11.6 Å². The van der Waals surface area contributed by atoms with Crippen LogP contribution < -0.4 is 10.6 Å². The molecule has 5 nitrogen and oxygen atoms in total. The lowest BCUT2D eigenvalue weighted by molar-refractivity contribution is 0.0964. The minimum absolute atomic E-state index is 0.258. The van der Waals surface area contributed by atoms with Crippen LogP contribution in [0.5, 0.6) is 0 Å². The van der Waals surface area contributed by atoms with Crippen LogP contribution in [-0.2, 0) is 0 Å². The van der Waals surface area contributed by atoms with Gasteiger partial charge in [-0.25, -0.2) is 0 Å². The van der Waals surface area contributed by atoms with Gasteiger partial charge < -0.3 is 10.6 Å². The molecule has 1 aromatic heterocycles. The molecular formula is C15H14ClN3O2. The van der Waals surface area contributed by atoms with Crippen molar-refractivity contribution in [3.63, 3.8) is 0 Å². The minimum Gasteiger partial charge on any atom is -0.355 e. The van der Waals surface area contributed by atoms with Crippen molar-refractivity contribution in [2.24, 2.45) is 0 Å². The molecule has 2 N–H and O–H groups in total. The molecule has 108 valence electrons. The lowest BCUT2D eigenvalue weighted by Gasteiger charge is -2.10. The van der Waals surface area contributed by atoms with Gasteiger partial charge in [0, 0.05) is 18.9 Å². The van der Waals surface area contributed by atoms with Gasteiger partial charge in [-0.3, -0.25) is 14.6 Å². The van der Waals surface area contributed by atoms with Crippen molar-refractivity contribution < 1.29 is 9.59 Å². The van der Waals surface area contributed by atoms with Crippen molar-refractivity contribution in [2.75, 3.05) is 12.4 Å². The van der Waals surface area contributed by atoms with E-state index >= 15 is 0 Å². The smallest absolute Gasteiger partial charge is 0.258 e. The van der Waals surface area contributed by atoms with E-state index < -0.39 is 5.91 Å². The van der Waals surface area contributed by atoms with Crippen LogP contribution in [0, 0.1) is 6.92 Å². The number of pyridine rings is 1. The Bertz CT molecular complexity index is 701. The molecule has 0 fully saturated rings. The molecule has 0 spiro atoms. The molecule has 2 amide bonds. The summed E-state index contributed by atoms with van der Waals surface area (Å²) in [7, 11) is 1.53. The summed E-state index contributed by atoms with van der Waals surface area (Å²) < 4.78 is 0. The van der Waals surface area contributed by atoms with E-state index in [-0.39, 0.29) is 11.5 Å². The summed E-state index contributed by atoms with van der Waals surface area (Å²) in [5.41, 5.74) is 1.78. The van der Waals surface area contributed by atoms with E-state index in [1.807, 2.05) is 0 Å². The molecule has 2 aromatic rings. The fourth-order valence-corrected chi connectivity index (χ4v) is 2.10. The molecule has 0 unspecified atom stereocenters. The van der Waals surface area contributed by atoms with Crippen molar-refractivity contribution in [1.29, 1.82) is 0 Å². The van der Waals surface area contributed by atoms with Gasteiger partial charge in [-0.2, -0.15) is 0 Å². The lowest BCUT2D eigenvalue weighted by Crippen LogP contribution is -2.21. The highest BCUT2D eigenvalue weighted by molar-refractivity contribution is 6.34. The molecular weight excluding hydrogens is 290 g/mol. The van der Waals surface area contributed by atoms with Gasteiger partial charge in [-0.05, 0) is 25.1 Å². The molecule has 1 aromatic carbocycles. The van der Waals surface area contributed by atoms with Gasteiger partial charge in [-0.15, -0.1) is 0 Å². The number of amides is 2. The summed E-state index contributed by atoms with van der Waals surface area (Å²) >= 11 is 6.04. The number of hydrogen-bond acceptors (Lipinski definition) is 3. The normalized spacial score (nSPS) is 10.0. The number of carbonyl (C=O) groups excluding carboxylic acids is 2. The fraction of sp³-hybridized carbons (Fsp3) is 0.133. The average Bonchev–Trinajstić information content (AvgIpc) is 2.46. The van der Waals surface area contributed by atoms with E-state index in [9.17, 15) is 9.59 Å². The van der Waals surface area contributed by atoms with Crippen molar-refractivity contribution in [1.82, 2.24) is 10.3 Å². The monoisotopic (exact) mass is 303 g/mol. The highest BCUT2D eigenvalue weighted by Crippen LogP contribution is 2.20. The number of anilines is 1. The second kappa shape index (κ2) is 6.37. The van der Waals surface area contributed by atoms with Crippen LogP contribution in [0.1, 0.15) is 26.4 Å². The first-order valence-electron chi connectivity index (χ1n) is 6.27. The van der Waals surface area contributed by atoms with Crippen LogP contribution in [0.3, 0.4) is 0 Å². The standard InChI is InChI=1S/C15H14ClN3O2/c1-9-7-12(16)11(8-18-9)15(21)19-13-6-4-3-5-10(13)14(20)17-2/h3-8H,1-2H3,(H,17,20)(H,19,21). The Hall–Kier alpha value is -2.40. The Morgan fingerprint density at radius 1 is 1.14 bits per heavy atom. The first-order valence-corrected chi connectivity index (χ1v) is 6.65. The Labute approximate surface area is 127 Å². The number of aromatic nitrogens is 1. The Balaban J connectivity index is 2.30. The van der Waals surface area contributed by atoms with Gasteiger partial charge in [0.15, 0.2) is 0 Å². The van der Waals surface area contributed by atoms with Crippen LogP contribution in [-0.4, -0.2) is 23.8 Å². The van der Waals surface area contributed by atoms with Gasteiger partial charge >= 0.3 is 0 Å². The molecule has 6 heteroatoms. The highest BCUT2D eigenvalue weighted by atomic mass is 35.5. The zero-order valence-corrected chi connectivity index (χ0v) is 12.4. The molecule has 21 heavy (non-hydrogen) atoms. The van der Waals surface area contributed by atoms with Gasteiger partial charge in [-0.1, -0.05) is 23.7 Å². The van der Waals surface area contributed by atoms with Gasteiger partial charge in [0.05, 0.1) is 21.8 Å². The number of carbonyl (C=O) groups is 2. The summed E-state index contributed by atoms with van der Waals surface area (Å²) in [5, 5.41) is 5.52. The van der Waals surface area contributed by atoms with E-state index in [0.717, 1.165) is 5.69 Å². The largest absolute Gasteiger partial charge is 0.355 e. The second-order valence-electron chi connectivity index (χ2n) is 4.38. The maximum Gasteiger partial charge on any atom is 0.258 e. The molecule has 0 atom stereocenters. The molecule has 0 aliphatic carbocycles.